The summed E-state index contributed by atoms with van der Waals surface area (Å²) in [5, 5.41) is 3.35. The van der Waals surface area contributed by atoms with Gasteiger partial charge in [-0.1, -0.05) is 19.8 Å². The van der Waals surface area contributed by atoms with Crippen LogP contribution in [0.3, 0.4) is 0 Å². The van der Waals surface area contributed by atoms with Crippen LogP contribution in [0.5, 0.6) is 0 Å². The van der Waals surface area contributed by atoms with E-state index in [0.717, 1.165) is 6.42 Å². The molecule has 1 saturated carbocycles. The van der Waals surface area contributed by atoms with Gasteiger partial charge in [-0.3, -0.25) is 0 Å². The van der Waals surface area contributed by atoms with E-state index in [0.29, 0.717) is 24.4 Å². The highest BCUT2D eigenvalue weighted by atomic mass is 35.5. The average Bonchev–Trinajstić information content (AvgIpc) is 2.29. The Kier molecular flexibility index (Phi) is 6.08. The van der Waals surface area contributed by atoms with Crippen LogP contribution in [0.4, 0.5) is 0 Å². The van der Waals surface area contributed by atoms with Gasteiger partial charge in [-0.05, 0) is 18.8 Å². The molecular weight excluding hydrogens is 246 g/mol. The highest BCUT2D eigenvalue weighted by Crippen LogP contribution is 2.25. The molecule has 0 aliphatic heterocycles. The molecule has 0 radical (unpaired) electrons. The summed E-state index contributed by atoms with van der Waals surface area (Å²) in [7, 11) is -2.84. The van der Waals surface area contributed by atoms with Gasteiger partial charge in [0.15, 0.2) is 9.84 Å². The van der Waals surface area contributed by atoms with Crippen LogP contribution < -0.4 is 5.32 Å². The molecule has 2 unspecified atom stereocenters. The first-order valence-electron chi connectivity index (χ1n) is 6.09. The molecule has 0 aromatic heterocycles. The number of alkyl halides is 1. The largest absolute Gasteiger partial charge is 0.313 e. The van der Waals surface area contributed by atoms with Crippen molar-refractivity contribution >= 4 is 21.4 Å². The normalized spacial score (nSPS) is 26.9. The summed E-state index contributed by atoms with van der Waals surface area (Å²) in [5.41, 5.74) is 0. The lowest BCUT2D eigenvalue weighted by atomic mass is 9.86. The number of halogens is 1. The monoisotopic (exact) mass is 267 g/mol. The molecule has 0 aromatic rings. The Hall–Kier alpha value is 0.200. The maximum absolute atomic E-state index is 11.3. The minimum absolute atomic E-state index is 0.234. The molecule has 0 heterocycles. The second-order valence-electron chi connectivity index (χ2n) is 4.50. The number of hydrogen-bond donors (Lipinski definition) is 1. The molecule has 96 valence electrons. The fourth-order valence-corrected chi connectivity index (χ4v) is 3.29. The first kappa shape index (κ1) is 14.3. The summed E-state index contributed by atoms with van der Waals surface area (Å²) in [6.07, 6.45) is 4.78. The van der Waals surface area contributed by atoms with E-state index in [9.17, 15) is 8.42 Å². The van der Waals surface area contributed by atoms with Crippen LogP contribution in [-0.2, 0) is 9.84 Å². The standard InChI is InChI=1S/C11H22ClNO2S/c1-2-16(14,15)8-7-13-11-6-4-3-5-10(11)9-12/h10-11,13H,2-9H2,1H3. The molecule has 16 heavy (non-hydrogen) atoms. The van der Waals surface area contributed by atoms with Crippen molar-refractivity contribution in [2.24, 2.45) is 5.92 Å². The van der Waals surface area contributed by atoms with Crippen LogP contribution in [0, 0.1) is 5.92 Å². The number of nitrogens with one attached hydrogen (secondary N) is 1. The molecular formula is C11H22ClNO2S. The van der Waals surface area contributed by atoms with Crippen molar-refractivity contribution in [1.82, 2.24) is 5.32 Å². The number of hydrogen-bond acceptors (Lipinski definition) is 3. The Morgan fingerprint density at radius 3 is 2.62 bits per heavy atom. The molecule has 1 aliphatic rings. The molecule has 0 spiro atoms. The van der Waals surface area contributed by atoms with Gasteiger partial charge >= 0.3 is 0 Å². The minimum Gasteiger partial charge on any atom is -0.313 e. The third-order valence-electron chi connectivity index (χ3n) is 3.37. The first-order chi connectivity index (χ1) is 7.59. The van der Waals surface area contributed by atoms with E-state index in [4.69, 9.17) is 11.6 Å². The molecule has 1 aliphatic carbocycles. The van der Waals surface area contributed by atoms with Crippen LogP contribution in [0.1, 0.15) is 32.6 Å². The lowest BCUT2D eigenvalue weighted by molar-refractivity contribution is 0.288. The van der Waals surface area contributed by atoms with Crippen molar-refractivity contribution in [1.29, 1.82) is 0 Å². The highest BCUT2D eigenvalue weighted by molar-refractivity contribution is 7.91. The zero-order valence-corrected chi connectivity index (χ0v) is 11.5. The Morgan fingerprint density at radius 2 is 2.00 bits per heavy atom. The van der Waals surface area contributed by atoms with Crippen molar-refractivity contribution in [2.45, 2.75) is 38.6 Å². The maximum atomic E-state index is 11.3. The second kappa shape index (κ2) is 6.82. The van der Waals surface area contributed by atoms with E-state index >= 15 is 0 Å². The highest BCUT2D eigenvalue weighted by Gasteiger charge is 2.23. The summed E-state index contributed by atoms with van der Waals surface area (Å²) in [5.74, 6) is 1.67. The molecule has 0 saturated heterocycles. The second-order valence-corrected chi connectivity index (χ2v) is 7.28. The van der Waals surface area contributed by atoms with E-state index < -0.39 is 9.84 Å². The van der Waals surface area contributed by atoms with Gasteiger partial charge in [0.2, 0.25) is 0 Å². The Bertz CT molecular complexity index is 292. The number of sulfone groups is 1. The van der Waals surface area contributed by atoms with Crippen LogP contribution in [0.25, 0.3) is 0 Å². The van der Waals surface area contributed by atoms with Crippen LogP contribution >= 0.6 is 11.6 Å². The van der Waals surface area contributed by atoms with E-state index in [1.54, 1.807) is 6.92 Å². The van der Waals surface area contributed by atoms with Crippen molar-refractivity contribution in [2.75, 3.05) is 23.9 Å². The van der Waals surface area contributed by atoms with Crippen molar-refractivity contribution in [3.05, 3.63) is 0 Å². The van der Waals surface area contributed by atoms with Crippen molar-refractivity contribution in [3.63, 3.8) is 0 Å². The fourth-order valence-electron chi connectivity index (χ4n) is 2.21. The van der Waals surface area contributed by atoms with Crippen LogP contribution in [0.15, 0.2) is 0 Å². The SMILES string of the molecule is CCS(=O)(=O)CCNC1CCCCC1CCl. The predicted octanol–water partition coefficient (Wildman–Crippen LogP) is 1.81. The van der Waals surface area contributed by atoms with Crippen molar-refractivity contribution < 1.29 is 8.42 Å². The first-order valence-corrected chi connectivity index (χ1v) is 8.44. The van der Waals surface area contributed by atoms with Crippen molar-refractivity contribution in [3.8, 4) is 0 Å². The summed E-state index contributed by atoms with van der Waals surface area (Å²) < 4.78 is 22.7. The Labute approximate surface area is 104 Å². The van der Waals surface area contributed by atoms with Gasteiger partial charge in [0.1, 0.15) is 0 Å². The summed E-state index contributed by atoms with van der Waals surface area (Å²) >= 11 is 5.91. The minimum atomic E-state index is -2.84. The van der Waals surface area contributed by atoms with E-state index in [2.05, 4.69) is 5.32 Å². The van der Waals surface area contributed by atoms with E-state index in [-0.39, 0.29) is 11.5 Å². The zero-order valence-electron chi connectivity index (χ0n) is 9.91. The molecule has 1 fully saturated rings. The molecule has 3 nitrogen and oxygen atoms in total. The van der Waals surface area contributed by atoms with E-state index in [1.807, 2.05) is 0 Å². The van der Waals surface area contributed by atoms with E-state index in [1.165, 1.54) is 19.3 Å². The third kappa shape index (κ3) is 4.60. The van der Waals surface area contributed by atoms with Gasteiger partial charge in [-0.2, -0.15) is 0 Å². The van der Waals surface area contributed by atoms with Gasteiger partial charge in [0, 0.05) is 24.2 Å². The van der Waals surface area contributed by atoms with Gasteiger partial charge in [-0.15, -0.1) is 11.6 Å². The molecule has 1 N–H and O–H groups in total. The molecule has 2 atom stereocenters. The number of rotatable bonds is 6. The quantitative estimate of drug-likeness (QED) is 0.747. The maximum Gasteiger partial charge on any atom is 0.151 e. The lowest BCUT2D eigenvalue weighted by Crippen LogP contribution is -2.41. The Balaban J connectivity index is 2.30. The van der Waals surface area contributed by atoms with Gasteiger partial charge in [0.05, 0.1) is 5.75 Å². The summed E-state index contributed by atoms with van der Waals surface area (Å²) in [6, 6.07) is 0.415. The van der Waals surface area contributed by atoms with Gasteiger partial charge < -0.3 is 5.32 Å². The fraction of sp³-hybridized carbons (Fsp3) is 1.00. The van der Waals surface area contributed by atoms with Crippen LogP contribution in [-0.4, -0.2) is 38.4 Å². The zero-order chi connectivity index (χ0) is 12.0. The van der Waals surface area contributed by atoms with Gasteiger partial charge in [0.25, 0.3) is 0 Å². The molecule has 5 heteroatoms. The molecule has 1 rings (SSSR count). The summed E-state index contributed by atoms with van der Waals surface area (Å²) in [6.45, 7) is 2.26. The molecule has 0 bridgehead atoms. The third-order valence-corrected chi connectivity index (χ3v) is 5.47. The average molecular weight is 268 g/mol. The van der Waals surface area contributed by atoms with Gasteiger partial charge in [-0.25, -0.2) is 8.42 Å². The summed E-state index contributed by atoms with van der Waals surface area (Å²) in [4.78, 5) is 0. The topological polar surface area (TPSA) is 46.2 Å². The Morgan fingerprint density at radius 1 is 1.31 bits per heavy atom. The molecule has 0 aromatic carbocycles. The smallest absolute Gasteiger partial charge is 0.151 e. The lowest BCUT2D eigenvalue weighted by Gasteiger charge is -2.30. The predicted molar refractivity (Wildman–Crippen MR) is 68.8 cm³/mol. The van der Waals surface area contributed by atoms with Crippen LogP contribution in [0.2, 0.25) is 0 Å². The molecule has 0 amide bonds.